The van der Waals surface area contributed by atoms with Gasteiger partial charge in [-0.15, -0.1) is 0 Å². The predicted molar refractivity (Wildman–Crippen MR) is 232 cm³/mol. The van der Waals surface area contributed by atoms with Crippen molar-refractivity contribution in [3.05, 3.63) is 127 Å². The quantitative estimate of drug-likeness (QED) is 0.132. The molecule has 0 spiro atoms. The first-order valence-electron chi connectivity index (χ1n) is 19.9. The topological polar surface area (TPSA) is 0 Å². The van der Waals surface area contributed by atoms with Crippen molar-refractivity contribution in [1.29, 1.82) is 0 Å². The van der Waals surface area contributed by atoms with E-state index in [1.807, 2.05) is 0 Å². The van der Waals surface area contributed by atoms with Crippen molar-refractivity contribution in [2.45, 2.75) is 115 Å². The molecule has 0 saturated carbocycles. The Morgan fingerprint density at radius 1 is 0.577 bits per heavy atom. The molecule has 0 saturated heterocycles. The van der Waals surface area contributed by atoms with Crippen LogP contribution in [0.15, 0.2) is 71.8 Å². The van der Waals surface area contributed by atoms with Crippen LogP contribution in [0.25, 0.3) is 34.4 Å². The SMILES string of the molecule is CCc1ccc2c(c1-c1cc(C)cc(C)c1)C=C(CC(C)C)[CH]2[Zr]([Cl])([Cl])([CH]1C(CC(C)C)=Cc2c1ccc(CC)c2-c1cc(C)cc(C)c1)[SiH](C)C. The summed E-state index contributed by atoms with van der Waals surface area (Å²) in [5.74, 6) is -0.690. The molecule has 2 unspecified atom stereocenters. The summed E-state index contributed by atoms with van der Waals surface area (Å²) in [5.41, 5.74) is 22.0. The van der Waals surface area contributed by atoms with Crippen LogP contribution < -0.4 is 0 Å². The summed E-state index contributed by atoms with van der Waals surface area (Å²) in [6.07, 6.45) is 9.16. The molecule has 6 rings (SSSR count). The van der Waals surface area contributed by atoms with Crippen molar-refractivity contribution in [2.75, 3.05) is 0 Å². The van der Waals surface area contributed by atoms with Crippen LogP contribution >= 0.6 is 17.0 Å². The van der Waals surface area contributed by atoms with Gasteiger partial charge < -0.3 is 0 Å². The second kappa shape index (κ2) is 14.9. The van der Waals surface area contributed by atoms with Crippen LogP contribution in [0.5, 0.6) is 0 Å². The van der Waals surface area contributed by atoms with Crippen LogP contribution in [-0.2, 0) is 28.4 Å². The summed E-state index contributed by atoms with van der Waals surface area (Å²) in [6, 6.07) is 23.8. The predicted octanol–water partition coefficient (Wildman–Crippen LogP) is 15.0. The molecule has 0 nitrogen and oxygen atoms in total. The standard InChI is InChI=1S/2C23H27.C2H7Si.2ClH.Zr/c2*1-6-19-7-8-20-13-18(9-15(2)3)14-22(20)23(19)21-11-16(4)10-17(5)12-21;1-3-2;;;/h2*7-8,10-15H,6,9H2,1-5H3;3H,1-2H3;2*1H;/q;;;;;+2/p-2. The fourth-order valence-corrected chi connectivity index (χ4v) is 41.4. The van der Waals surface area contributed by atoms with E-state index in [9.17, 15) is 0 Å². The van der Waals surface area contributed by atoms with Crippen LogP contribution in [0.1, 0.15) is 117 Å². The molecule has 0 bridgehead atoms. The van der Waals surface area contributed by atoms with E-state index >= 15 is 0 Å². The summed E-state index contributed by atoms with van der Waals surface area (Å²) in [4.78, 5) is 0. The van der Waals surface area contributed by atoms with Gasteiger partial charge in [0.15, 0.2) is 0 Å². The van der Waals surface area contributed by atoms with E-state index in [-0.39, 0.29) is 7.25 Å². The monoisotopic (exact) mass is 825 g/mol. The van der Waals surface area contributed by atoms with Crippen LogP contribution in [0.3, 0.4) is 0 Å². The van der Waals surface area contributed by atoms with Gasteiger partial charge in [-0.1, -0.05) is 0 Å². The molecule has 2 atom stereocenters. The Hall–Kier alpha value is -1.96. The van der Waals surface area contributed by atoms with Gasteiger partial charge in [-0.2, -0.15) is 0 Å². The molecule has 2 aliphatic rings. The van der Waals surface area contributed by atoms with E-state index in [1.54, 1.807) is 0 Å². The number of hydrogen-bond acceptors (Lipinski definition) is 0. The third-order valence-electron chi connectivity index (χ3n) is 12.0. The number of rotatable bonds is 11. The van der Waals surface area contributed by atoms with Crippen molar-refractivity contribution in [1.82, 2.24) is 0 Å². The Kier molecular flexibility index (Phi) is 11.4. The van der Waals surface area contributed by atoms with Gasteiger partial charge in [0.05, 0.1) is 0 Å². The summed E-state index contributed by atoms with van der Waals surface area (Å²) in [6.45, 7) is 27.9. The van der Waals surface area contributed by atoms with Gasteiger partial charge >= 0.3 is 327 Å². The first kappa shape index (κ1) is 39.7. The number of aryl methyl sites for hydroxylation is 6. The zero-order chi connectivity index (χ0) is 37.9. The van der Waals surface area contributed by atoms with Gasteiger partial charge in [-0.05, 0) is 0 Å². The molecule has 2 aliphatic carbocycles. The molecular formula is C48H61Cl2SiZr. The van der Waals surface area contributed by atoms with Gasteiger partial charge in [-0.25, -0.2) is 0 Å². The number of fused-ring (bicyclic) bond motifs is 2. The number of allylic oxidation sites excluding steroid dienone is 2. The molecule has 275 valence electrons. The van der Waals surface area contributed by atoms with Crippen LogP contribution in [-0.4, -0.2) is 5.92 Å². The third kappa shape index (κ3) is 6.91. The second-order valence-corrected chi connectivity index (χ2v) is 60.1. The van der Waals surface area contributed by atoms with E-state index in [2.05, 4.69) is 155 Å². The minimum absolute atomic E-state index is 0.0893. The fraction of sp³-hybridized carbons (Fsp3) is 0.417. The average Bonchev–Trinajstić information content (AvgIpc) is 3.60. The van der Waals surface area contributed by atoms with E-state index in [4.69, 9.17) is 17.0 Å². The summed E-state index contributed by atoms with van der Waals surface area (Å²) < 4.78 is 0.179. The molecule has 0 heterocycles. The Morgan fingerprint density at radius 2 is 0.923 bits per heavy atom. The van der Waals surface area contributed by atoms with Crippen LogP contribution in [0.4, 0.5) is 0 Å². The van der Waals surface area contributed by atoms with Crippen molar-refractivity contribution in [2.24, 2.45) is 11.8 Å². The maximum absolute atomic E-state index is 8.95. The molecule has 0 aliphatic heterocycles. The Labute approximate surface area is 324 Å². The van der Waals surface area contributed by atoms with Crippen molar-refractivity contribution in [3.63, 3.8) is 0 Å². The first-order chi connectivity index (χ1) is 24.5. The molecular weight excluding hydrogens is 767 g/mol. The molecule has 0 fully saturated rings. The summed E-state index contributed by atoms with van der Waals surface area (Å²) >= 11 is -4.98. The van der Waals surface area contributed by atoms with Crippen molar-refractivity contribution < 1.29 is 15.6 Å². The maximum atomic E-state index is 8.95. The van der Waals surface area contributed by atoms with E-state index in [1.165, 1.54) is 89.0 Å². The number of benzene rings is 4. The summed E-state index contributed by atoms with van der Waals surface area (Å²) in [5, 5.41) is 0. The molecule has 4 aromatic rings. The zero-order valence-corrected chi connectivity index (χ0v) is 39.0. The zero-order valence-electron chi connectivity index (χ0n) is 33.9. The second-order valence-electron chi connectivity index (χ2n) is 17.5. The molecule has 0 aromatic heterocycles. The van der Waals surface area contributed by atoms with Crippen LogP contribution in [0, 0.1) is 39.5 Å². The Bertz CT molecular complexity index is 1910. The van der Waals surface area contributed by atoms with Gasteiger partial charge in [0.1, 0.15) is 0 Å². The van der Waals surface area contributed by atoms with Crippen molar-refractivity contribution in [3.8, 4) is 22.3 Å². The molecule has 4 heteroatoms. The van der Waals surface area contributed by atoms with Gasteiger partial charge in [0.2, 0.25) is 0 Å². The molecule has 0 radical (unpaired) electrons. The Morgan fingerprint density at radius 3 is 1.21 bits per heavy atom. The first-order valence-corrected chi connectivity index (χ1v) is 36.3. The molecule has 4 aromatic carbocycles. The Balaban J connectivity index is 1.68. The summed E-state index contributed by atoms with van der Waals surface area (Å²) in [7, 11) is 17.9. The molecule has 52 heavy (non-hydrogen) atoms. The van der Waals surface area contributed by atoms with Crippen LogP contribution in [0.2, 0.25) is 13.1 Å². The van der Waals surface area contributed by atoms with Gasteiger partial charge in [-0.3, -0.25) is 0 Å². The number of halogens is 2. The van der Waals surface area contributed by atoms with E-state index in [0.29, 0.717) is 11.8 Å². The molecule has 0 N–H and O–H groups in total. The molecule has 0 amide bonds. The van der Waals surface area contributed by atoms with E-state index in [0.717, 1.165) is 25.7 Å². The normalized spacial score (nSPS) is 17.8. The van der Waals surface area contributed by atoms with Crippen molar-refractivity contribution >= 4 is 35.1 Å². The average molecular weight is 828 g/mol. The number of hydrogen-bond donors (Lipinski definition) is 0. The van der Waals surface area contributed by atoms with E-state index < -0.39 is 21.5 Å². The minimum atomic E-state index is -4.98. The third-order valence-corrected chi connectivity index (χ3v) is 63.9. The van der Waals surface area contributed by atoms with Gasteiger partial charge in [0.25, 0.3) is 0 Å². The fourth-order valence-electron chi connectivity index (χ4n) is 10.1. The van der Waals surface area contributed by atoms with Gasteiger partial charge in [0, 0.05) is 0 Å².